The molecule has 0 bridgehead atoms. The van der Waals surface area contributed by atoms with Gasteiger partial charge in [0.1, 0.15) is 17.7 Å². The van der Waals surface area contributed by atoms with E-state index >= 15 is 0 Å². The van der Waals surface area contributed by atoms with Crippen molar-refractivity contribution < 1.29 is 27.5 Å². The Kier molecular flexibility index (Phi) is 9.87. The molecule has 12 nitrogen and oxygen atoms in total. The number of esters is 1. The van der Waals surface area contributed by atoms with Gasteiger partial charge in [-0.3, -0.25) is 13.7 Å². The van der Waals surface area contributed by atoms with Crippen molar-refractivity contribution in [2.75, 3.05) is 41.9 Å². The summed E-state index contributed by atoms with van der Waals surface area (Å²) < 4.78 is 41.6. The molecule has 2 aromatic carbocycles. The first kappa shape index (κ1) is 35.2. The summed E-state index contributed by atoms with van der Waals surface area (Å²) >= 11 is 12.3. The number of hydrogen-bond acceptors (Lipinski definition) is 9. The molecule has 5 rings (SSSR count). The average Bonchev–Trinajstić information content (AvgIpc) is 3.41. The van der Waals surface area contributed by atoms with Crippen LogP contribution in [0.15, 0.2) is 65.7 Å². The van der Waals surface area contributed by atoms with Gasteiger partial charge in [-0.15, -0.1) is 10.2 Å². The van der Waals surface area contributed by atoms with Crippen LogP contribution in [-0.2, 0) is 24.3 Å². The largest absolute Gasteiger partial charge is 0.459 e. The highest BCUT2D eigenvalue weighted by Crippen LogP contribution is 2.31. The number of benzene rings is 2. The van der Waals surface area contributed by atoms with E-state index in [1.807, 2.05) is 43.5 Å². The quantitative estimate of drug-likeness (QED) is 0.202. The number of nitrogens with zero attached hydrogens (tertiary/aromatic N) is 6. The third kappa shape index (κ3) is 8.31. The predicted molar refractivity (Wildman–Crippen MR) is 186 cm³/mol. The zero-order valence-electron chi connectivity index (χ0n) is 27.6. The summed E-state index contributed by atoms with van der Waals surface area (Å²) in [6.07, 6.45) is 1.48. The molecule has 1 amide bonds. The second-order valence-electron chi connectivity index (χ2n) is 13.3. The molecular weight excluding hydrogens is 679 g/mol. The molecule has 0 saturated carbocycles. The van der Waals surface area contributed by atoms with Crippen molar-refractivity contribution >= 4 is 67.7 Å². The molecule has 1 aliphatic rings. The standard InChI is InChI=1S/C33H38Cl2N6O6S/c1-32(2,3)46-30(42)21-41(48(44,45)26-19-23(34)18-24(35)20-26)25-7-8-27-22(17-25)11-12-40(27)29-10-9-28(36-37-29)38-13-15-39(16-14-38)31(43)47-33(4,5)6/h7-12,17-20H,13-16,21H2,1-6H3. The molecule has 4 aromatic rings. The molecule has 0 radical (unpaired) electrons. The Hall–Kier alpha value is -4.07. The fraction of sp³-hybridized carbons (Fsp3) is 0.394. The molecule has 0 unspecified atom stereocenters. The molecule has 256 valence electrons. The zero-order chi connectivity index (χ0) is 35.0. The van der Waals surface area contributed by atoms with Gasteiger partial charge in [0.25, 0.3) is 10.0 Å². The van der Waals surface area contributed by atoms with Crippen molar-refractivity contribution in [2.24, 2.45) is 0 Å². The van der Waals surface area contributed by atoms with E-state index in [1.165, 1.54) is 18.2 Å². The van der Waals surface area contributed by atoms with Crippen molar-refractivity contribution in [2.45, 2.75) is 57.6 Å². The lowest BCUT2D eigenvalue weighted by atomic mass is 10.2. The summed E-state index contributed by atoms with van der Waals surface area (Å²) in [5.74, 6) is 0.518. The number of hydrogen-bond donors (Lipinski definition) is 0. The van der Waals surface area contributed by atoms with Crippen LogP contribution in [0.3, 0.4) is 0 Å². The van der Waals surface area contributed by atoms with E-state index in [4.69, 9.17) is 32.7 Å². The summed E-state index contributed by atoms with van der Waals surface area (Å²) in [4.78, 5) is 28.9. The molecule has 0 atom stereocenters. The smallest absolute Gasteiger partial charge is 0.410 e. The third-order valence-electron chi connectivity index (χ3n) is 7.22. The first-order chi connectivity index (χ1) is 22.4. The van der Waals surface area contributed by atoms with Gasteiger partial charge in [0.15, 0.2) is 11.6 Å². The number of carbonyl (C=O) groups excluding carboxylic acids is 2. The monoisotopic (exact) mass is 716 g/mol. The number of piperazine rings is 1. The summed E-state index contributed by atoms with van der Waals surface area (Å²) in [6.45, 7) is 12.3. The van der Waals surface area contributed by atoms with Crippen molar-refractivity contribution in [3.05, 3.63) is 70.8 Å². The van der Waals surface area contributed by atoms with Gasteiger partial charge in [-0.25, -0.2) is 13.2 Å². The highest BCUT2D eigenvalue weighted by atomic mass is 35.5. The van der Waals surface area contributed by atoms with Gasteiger partial charge in [-0.2, -0.15) is 0 Å². The average molecular weight is 718 g/mol. The number of ether oxygens (including phenoxy) is 2. The van der Waals surface area contributed by atoms with Gasteiger partial charge in [0.05, 0.1) is 16.1 Å². The first-order valence-electron chi connectivity index (χ1n) is 15.3. The second kappa shape index (κ2) is 13.4. The molecule has 0 aliphatic carbocycles. The Balaban J connectivity index is 1.38. The first-order valence-corrected chi connectivity index (χ1v) is 17.5. The number of sulfonamides is 1. The number of anilines is 2. The fourth-order valence-corrected chi connectivity index (χ4v) is 7.28. The molecule has 3 heterocycles. The van der Waals surface area contributed by atoms with Gasteiger partial charge in [0, 0.05) is 47.8 Å². The molecular formula is C33H38Cl2N6O6S. The Morgan fingerprint density at radius 2 is 1.42 bits per heavy atom. The fourth-order valence-electron chi connectivity index (χ4n) is 5.16. The minimum absolute atomic E-state index is 0.140. The third-order valence-corrected chi connectivity index (χ3v) is 9.41. The highest BCUT2D eigenvalue weighted by Gasteiger charge is 2.31. The Morgan fingerprint density at radius 3 is 2.00 bits per heavy atom. The van der Waals surface area contributed by atoms with Gasteiger partial charge in [-0.05, 0) is 96.1 Å². The topological polar surface area (TPSA) is 127 Å². The van der Waals surface area contributed by atoms with Crippen LogP contribution in [0.4, 0.5) is 16.3 Å². The van der Waals surface area contributed by atoms with Gasteiger partial charge < -0.3 is 19.3 Å². The van der Waals surface area contributed by atoms with Gasteiger partial charge >= 0.3 is 12.1 Å². The molecule has 15 heteroatoms. The van der Waals surface area contributed by atoms with E-state index in [-0.39, 0.29) is 26.7 Å². The van der Waals surface area contributed by atoms with Crippen LogP contribution >= 0.6 is 23.2 Å². The van der Waals surface area contributed by atoms with Gasteiger partial charge in [-0.1, -0.05) is 23.2 Å². The summed E-state index contributed by atoms with van der Waals surface area (Å²) in [5.41, 5.74) is -0.387. The summed E-state index contributed by atoms with van der Waals surface area (Å²) in [7, 11) is -4.29. The van der Waals surface area contributed by atoms with Crippen LogP contribution in [0.1, 0.15) is 41.5 Å². The summed E-state index contributed by atoms with van der Waals surface area (Å²) in [6, 6.07) is 14.6. The van der Waals surface area contributed by atoms with Crippen LogP contribution in [-0.4, -0.2) is 84.1 Å². The number of halogens is 2. The zero-order valence-corrected chi connectivity index (χ0v) is 29.9. The van der Waals surface area contributed by atoms with E-state index in [2.05, 4.69) is 15.1 Å². The Labute approximate surface area is 290 Å². The van der Waals surface area contributed by atoms with E-state index < -0.39 is 33.7 Å². The lowest BCUT2D eigenvalue weighted by Crippen LogP contribution is -2.50. The maximum absolute atomic E-state index is 13.9. The highest BCUT2D eigenvalue weighted by molar-refractivity contribution is 7.92. The maximum atomic E-state index is 13.9. The van der Waals surface area contributed by atoms with Gasteiger partial charge in [0.2, 0.25) is 0 Å². The lowest BCUT2D eigenvalue weighted by molar-refractivity contribution is -0.152. The number of rotatable bonds is 7. The van der Waals surface area contributed by atoms with Crippen LogP contribution in [0.5, 0.6) is 0 Å². The van der Waals surface area contributed by atoms with E-state index in [0.717, 1.165) is 9.82 Å². The Morgan fingerprint density at radius 1 is 0.812 bits per heavy atom. The molecule has 48 heavy (non-hydrogen) atoms. The van der Waals surface area contributed by atoms with Crippen molar-refractivity contribution in [1.82, 2.24) is 19.7 Å². The minimum Gasteiger partial charge on any atom is -0.459 e. The Bertz CT molecular complexity index is 1910. The number of carbonyl (C=O) groups is 2. The number of aromatic nitrogens is 3. The molecule has 1 saturated heterocycles. The predicted octanol–water partition coefficient (Wildman–Crippen LogP) is 6.32. The molecule has 1 aliphatic heterocycles. The van der Waals surface area contributed by atoms with Crippen LogP contribution in [0, 0.1) is 0 Å². The van der Waals surface area contributed by atoms with Crippen molar-refractivity contribution in [3.8, 4) is 5.82 Å². The number of fused-ring (bicyclic) bond motifs is 1. The maximum Gasteiger partial charge on any atom is 0.410 e. The molecule has 2 aromatic heterocycles. The van der Waals surface area contributed by atoms with Crippen LogP contribution in [0.25, 0.3) is 16.7 Å². The van der Waals surface area contributed by atoms with Crippen molar-refractivity contribution in [1.29, 1.82) is 0 Å². The SMILES string of the molecule is CC(C)(C)OC(=O)CN(c1ccc2c(ccn2-c2ccc(N3CCN(C(=O)OC(C)(C)C)CC3)nn2)c1)S(=O)(=O)c1cc(Cl)cc(Cl)c1. The van der Waals surface area contributed by atoms with Crippen molar-refractivity contribution in [3.63, 3.8) is 0 Å². The van der Waals surface area contributed by atoms with Crippen LogP contribution in [0.2, 0.25) is 10.0 Å². The lowest BCUT2D eigenvalue weighted by Gasteiger charge is -2.35. The van der Waals surface area contributed by atoms with E-state index in [0.29, 0.717) is 43.2 Å². The number of amides is 1. The van der Waals surface area contributed by atoms with Crippen LogP contribution < -0.4 is 9.21 Å². The molecule has 0 N–H and O–H groups in total. The van der Waals surface area contributed by atoms with E-state index in [1.54, 1.807) is 50.1 Å². The molecule has 1 fully saturated rings. The summed E-state index contributed by atoms with van der Waals surface area (Å²) in [5, 5.41) is 9.87. The van der Waals surface area contributed by atoms with E-state index in [9.17, 15) is 18.0 Å². The minimum atomic E-state index is -4.29. The molecule has 0 spiro atoms. The normalized spacial score (nSPS) is 14.2. The second-order valence-corrected chi connectivity index (χ2v) is 16.1.